The van der Waals surface area contributed by atoms with Gasteiger partial charge in [-0.2, -0.15) is 0 Å². The Morgan fingerprint density at radius 2 is 0.774 bits per heavy atom. The Labute approximate surface area is 387 Å². The molecule has 3 atom stereocenters. The highest BCUT2D eigenvalue weighted by atomic mass is 16.5. The molecule has 6 nitrogen and oxygen atoms in total. The molecule has 368 valence electrons. The van der Waals surface area contributed by atoms with Crippen LogP contribution >= 0.6 is 0 Å². The molecule has 0 aromatic rings. The number of nitrogens with one attached hydrogen (secondary N) is 1. The number of allylic oxidation sites excluding steroid dienone is 2. The van der Waals surface area contributed by atoms with Crippen molar-refractivity contribution in [3.05, 3.63) is 12.2 Å². The zero-order valence-electron chi connectivity index (χ0n) is 42.0. The van der Waals surface area contributed by atoms with Gasteiger partial charge in [-0.15, -0.1) is 0 Å². The first-order valence-electron chi connectivity index (χ1n) is 27.9. The highest BCUT2D eigenvalue weighted by Crippen LogP contribution is 2.19. The first-order valence-corrected chi connectivity index (χ1v) is 27.9. The van der Waals surface area contributed by atoms with Crippen LogP contribution < -0.4 is 5.32 Å². The van der Waals surface area contributed by atoms with Crippen LogP contribution in [-0.2, 0) is 14.3 Å². The average Bonchev–Trinajstić information content (AvgIpc) is 3.26. The molecule has 0 radical (unpaired) electrons. The van der Waals surface area contributed by atoms with E-state index in [1.54, 1.807) is 0 Å². The van der Waals surface area contributed by atoms with Crippen molar-refractivity contribution >= 4 is 11.9 Å². The zero-order valence-corrected chi connectivity index (χ0v) is 42.0. The summed E-state index contributed by atoms with van der Waals surface area (Å²) in [5, 5.41) is 23.8. The number of rotatable bonds is 51. The van der Waals surface area contributed by atoms with E-state index in [9.17, 15) is 19.8 Å². The quantitative estimate of drug-likeness (QED) is 0.0321. The molecule has 0 aliphatic carbocycles. The van der Waals surface area contributed by atoms with Gasteiger partial charge in [-0.3, -0.25) is 9.59 Å². The molecule has 62 heavy (non-hydrogen) atoms. The summed E-state index contributed by atoms with van der Waals surface area (Å²) in [5.74, 6) is -0.461. The van der Waals surface area contributed by atoms with Crippen molar-refractivity contribution in [2.24, 2.45) is 0 Å². The van der Waals surface area contributed by atoms with Crippen LogP contribution in [0.2, 0.25) is 0 Å². The van der Waals surface area contributed by atoms with Crippen LogP contribution in [0.15, 0.2) is 12.2 Å². The Morgan fingerprint density at radius 1 is 0.452 bits per heavy atom. The van der Waals surface area contributed by atoms with Crippen LogP contribution in [0.25, 0.3) is 0 Å². The van der Waals surface area contributed by atoms with Crippen molar-refractivity contribution in [1.82, 2.24) is 5.32 Å². The largest absolute Gasteiger partial charge is 0.462 e. The van der Waals surface area contributed by atoms with Crippen LogP contribution in [0.1, 0.15) is 310 Å². The molecule has 1 amide bonds. The number of hydrogen-bond donors (Lipinski definition) is 3. The molecule has 0 fully saturated rings. The van der Waals surface area contributed by atoms with Gasteiger partial charge in [-0.05, 0) is 51.4 Å². The summed E-state index contributed by atoms with van der Waals surface area (Å²) < 4.78 is 5.95. The SMILES string of the molecule is CCCCCCCC/C=C/CCCCCCCC(CC(=O)NC(CO)C(O)CCCCCCCCCCCCCCC)OC(=O)CCCCCCCCCCCCCCCCC. The fourth-order valence-corrected chi connectivity index (χ4v) is 8.84. The van der Waals surface area contributed by atoms with E-state index in [0.29, 0.717) is 19.3 Å². The summed E-state index contributed by atoms with van der Waals surface area (Å²) in [5.41, 5.74) is 0. The molecule has 0 saturated carbocycles. The van der Waals surface area contributed by atoms with E-state index in [-0.39, 0.29) is 24.9 Å². The van der Waals surface area contributed by atoms with Gasteiger partial charge >= 0.3 is 5.97 Å². The lowest BCUT2D eigenvalue weighted by molar-refractivity contribution is -0.151. The van der Waals surface area contributed by atoms with Gasteiger partial charge in [0, 0.05) is 6.42 Å². The van der Waals surface area contributed by atoms with Crippen LogP contribution in [0, 0.1) is 0 Å². The number of ether oxygens (including phenoxy) is 1. The van der Waals surface area contributed by atoms with Crippen molar-refractivity contribution in [3.8, 4) is 0 Å². The third kappa shape index (κ3) is 45.2. The van der Waals surface area contributed by atoms with Gasteiger partial charge in [0.25, 0.3) is 0 Å². The van der Waals surface area contributed by atoms with Crippen LogP contribution in [0.3, 0.4) is 0 Å². The Morgan fingerprint density at radius 3 is 1.15 bits per heavy atom. The van der Waals surface area contributed by atoms with Crippen molar-refractivity contribution in [3.63, 3.8) is 0 Å². The molecule has 3 unspecified atom stereocenters. The van der Waals surface area contributed by atoms with Gasteiger partial charge < -0.3 is 20.3 Å². The molecule has 0 heterocycles. The normalized spacial score (nSPS) is 13.2. The number of aliphatic hydroxyl groups excluding tert-OH is 2. The second-order valence-corrected chi connectivity index (χ2v) is 19.3. The second kappa shape index (κ2) is 50.6. The molecule has 0 bridgehead atoms. The topological polar surface area (TPSA) is 95.9 Å². The highest BCUT2D eigenvalue weighted by molar-refractivity contribution is 5.77. The Bertz CT molecular complexity index is 939. The average molecular weight is 876 g/mol. The Hall–Kier alpha value is -1.40. The smallest absolute Gasteiger partial charge is 0.306 e. The molecule has 0 aliphatic heterocycles. The number of carbonyl (C=O) groups is 2. The van der Waals surface area contributed by atoms with E-state index in [1.165, 1.54) is 205 Å². The summed E-state index contributed by atoms with van der Waals surface area (Å²) in [6.07, 6.45) is 57.0. The molecule has 3 N–H and O–H groups in total. The summed E-state index contributed by atoms with van der Waals surface area (Å²) in [6.45, 7) is 6.51. The molecule has 0 rings (SSSR count). The van der Waals surface area contributed by atoms with Gasteiger partial charge in [0.2, 0.25) is 5.91 Å². The van der Waals surface area contributed by atoms with E-state index in [1.807, 2.05) is 0 Å². The number of amides is 1. The number of hydrogen-bond acceptors (Lipinski definition) is 5. The lowest BCUT2D eigenvalue weighted by Gasteiger charge is -2.24. The highest BCUT2D eigenvalue weighted by Gasteiger charge is 2.24. The summed E-state index contributed by atoms with van der Waals surface area (Å²) >= 11 is 0. The van der Waals surface area contributed by atoms with Crippen molar-refractivity contribution in [2.45, 2.75) is 328 Å². The molecule has 6 heteroatoms. The minimum Gasteiger partial charge on any atom is -0.462 e. The molecule has 0 spiro atoms. The van der Waals surface area contributed by atoms with E-state index in [0.717, 1.165) is 57.8 Å². The monoisotopic (exact) mass is 876 g/mol. The van der Waals surface area contributed by atoms with E-state index in [4.69, 9.17) is 4.74 Å². The fraction of sp³-hybridized carbons (Fsp3) is 0.929. The minimum absolute atomic E-state index is 0.0793. The molecule has 0 aromatic heterocycles. The number of carbonyl (C=O) groups excluding carboxylic acids is 2. The van der Waals surface area contributed by atoms with Gasteiger partial charge in [-0.1, -0.05) is 258 Å². The Kier molecular flexibility index (Phi) is 49.5. The number of esters is 1. The summed E-state index contributed by atoms with van der Waals surface area (Å²) in [7, 11) is 0. The number of aliphatic hydroxyl groups is 2. The van der Waals surface area contributed by atoms with Gasteiger partial charge in [0.1, 0.15) is 6.10 Å². The van der Waals surface area contributed by atoms with Crippen LogP contribution in [-0.4, -0.2) is 46.9 Å². The number of unbranched alkanes of at least 4 members (excludes halogenated alkanes) is 37. The van der Waals surface area contributed by atoms with Crippen LogP contribution in [0.4, 0.5) is 0 Å². The second-order valence-electron chi connectivity index (χ2n) is 19.3. The molecule has 0 aromatic carbocycles. The lowest BCUT2D eigenvalue weighted by atomic mass is 10.0. The van der Waals surface area contributed by atoms with Crippen molar-refractivity contribution in [2.75, 3.05) is 6.61 Å². The minimum atomic E-state index is -0.784. The maximum absolute atomic E-state index is 13.2. The summed E-state index contributed by atoms with van der Waals surface area (Å²) in [6, 6.07) is -0.698. The maximum Gasteiger partial charge on any atom is 0.306 e. The van der Waals surface area contributed by atoms with E-state index >= 15 is 0 Å². The fourth-order valence-electron chi connectivity index (χ4n) is 8.84. The van der Waals surface area contributed by atoms with Crippen LogP contribution in [0.5, 0.6) is 0 Å². The first-order chi connectivity index (χ1) is 30.5. The molecular formula is C56H109NO5. The van der Waals surface area contributed by atoms with Gasteiger partial charge in [0.15, 0.2) is 0 Å². The zero-order chi connectivity index (χ0) is 45.2. The predicted octanol–water partition coefficient (Wildman–Crippen LogP) is 16.9. The van der Waals surface area contributed by atoms with E-state index < -0.39 is 18.2 Å². The van der Waals surface area contributed by atoms with E-state index in [2.05, 4.69) is 38.2 Å². The Balaban J connectivity index is 4.54. The molecule has 0 saturated heterocycles. The third-order valence-electron chi connectivity index (χ3n) is 13.1. The first kappa shape index (κ1) is 60.6. The lowest BCUT2D eigenvalue weighted by Crippen LogP contribution is -2.46. The maximum atomic E-state index is 13.2. The predicted molar refractivity (Wildman–Crippen MR) is 269 cm³/mol. The van der Waals surface area contributed by atoms with Crippen molar-refractivity contribution < 1.29 is 24.5 Å². The molecular weight excluding hydrogens is 767 g/mol. The molecule has 0 aliphatic rings. The van der Waals surface area contributed by atoms with Gasteiger partial charge in [0.05, 0.1) is 25.2 Å². The van der Waals surface area contributed by atoms with Crippen molar-refractivity contribution in [1.29, 1.82) is 0 Å². The standard InChI is InChI=1S/C56H109NO5/c1-4-7-10-13-16-19-22-25-27-30-32-35-38-41-44-47-52(62-56(61)49-46-43-40-37-34-31-28-26-23-20-17-14-11-8-5-2)50-55(60)57-53(51-58)54(59)48-45-42-39-36-33-29-24-21-18-15-12-9-6-3/h25,27,52-54,58-59H,4-24,26,28-51H2,1-3H3,(H,57,60)/b27-25+. The summed E-state index contributed by atoms with van der Waals surface area (Å²) in [4.78, 5) is 26.2. The van der Waals surface area contributed by atoms with Gasteiger partial charge in [-0.25, -0.2) is 0 Å². The third-order valence-corrected chi connectivity index (χ3v) is 13.1.